The molecule has 0 unspecified atom stereocenters. The van der Waals surface area contributed by atoms with E-state index in [1.54, 1.807) is 13.2 Å². The molecule has 4 rings (SSSR count). The van der Waals surface area contributed by atoms with Gasteiger partial charge < -0.3 is 14.8 Å². The number of benzene rings is 1. The number of carbonyl (C=O) groups excluding carboxylic acids is 2. The molecule has 21 heavy (non-hydrogen) atoms. The van der Waals surface area contributed by atoms with Crippen molar-refractivity contribution in [1.82, 2.24) is 0 Å². The largest absolute Gasteiger partial charge is 0.497 e. The van der Waals surface area contributed by atoms with Crippen LogP contribution >= 0.6 is 0 Å². The Morgan fingerprint density at radius 1 is 1.38 bits per heavy atom. The third kappa shape index (κ3) is 1.83. The van der Waals surface area contributed by atoms with Crippen molar-refractivity contribution < 1.29 is 19.1 Å². The lowest BCUT2D eigenvalue weighted by Crippen LogP contribution is -2.35. The molecule has 2 bridgehead atoms. The molecule has 5 heteroatoms. The standard InChI is InChI=1S/C16H17NO4/c1-20-10-4-2-3-9(7-10)17-15(18)13-8-5-11-12(6-8)21-16(19)14(11)13/h2-4,7-8,11-14H,5-6H2,1H3,(H,17,18)/t8-,11+,12-,13+,14+/m0/s1. The summed E-state index contributed by atoms with van der Waals surface area (Å²) in [5.74, 6) is 0.493. The second-order valence-electron chi connectivity index (χ2n) is 6.14. The Balaban J connectivity index is 1.54. The van der Waals surface area contributed by atoms with Gasteiger partial charge in [-0.25, -0.2) is 0 Å². The van der Waals surface area contributed by atoms with E-state index in [2.05, 4.69) is 5.32 Å². The van der Waals surface area contributed by atoms with Crippen molar-refractivity contribution in [2.75, 3.05) is 12.4 Å². The first-order valence-corrected chi connectivity index (χ1v) is 7.33. The van der Waals surface area contributed by atoms with Crippen LogP contribution in [-0.2, 0) is 14.3 Å². The molecule has 2 saturated carbocycles. The SMILES string of the molecule is COc1cccc(NC(=O)[C@@H]2[C@H]3C[C@H]4[C@H]2C(=O)O[C@H]4C3)c1. The highest BCUT2D eigenvalue weighted by atomic mass is 16.6. The van der Waals surface area contributed by atoms with Gasteiger partial charge in [0.2, 0.25) is 5.91 Å². The van der Waals surface area contributed by atoms with Gasteiger partial charge in [-0.3, -0.25) is 9.59 Å². The van der Waals surface area contributed by atoms with Gasteiger partial charge in [0.25, 0.3) is 0 Å². The summed E-state index contributed by atoms with van der Waals surface area (Å²) in [5.41, 5.74) is 0.699. The highest BCUT2D eigenvalue weighted by molar-refractivity contribution is 5.97. The Morgan fingerprint density at radius 3 is 3.05 bits per heavy atom. The average molecular weight is 287 g/mol. The number of methoxy groups -OCH3 is 1. The van der Waals surface area contributed by atoms with E-state index in [1.165, 1.54) is 0 Å². The molecular weight excluding hydrogens is 270 g/mol. The number of esters is 1. The molecule has 1 aromatic carbocycles. The predicted molar refractivity (Wildman–Crippen MR) is 74.7 cm³/mol. The first kappa shape index (κ1) is 12.7. The summed E-state index contributed by atoms with van der Waals surface area (Å²) in [6.45, 7) is 0. The van der Waals surface area contributed by atoms with E-state index in [9.17, 15) is 9.59 Å². The van der Waals surface area contributed by atoms with Gasteiger partial charge in [-0.2, -0.15) is 0 Å². The minimum atomic E-state index is -0.243. The van der Waals surface area contributed by atoms with Gasteiger partial charge in [-0.05, 0) is 30.9 Å². The molecule has 5 nitrogen and oxygen atoms in total. The topological polar surface area (TPSA) is 64.6 Å². The van der Waals surface area contributed by atoms with Gasteiger partial charge in [0, 0.05) is 17.7 Å². The van der Waals surface area contributed by atoms with Crippen molar-refractivity contribution in [2.24, 2.45) is 23.7 Å². The van der Waals surface area contributed by atoms with Gasteiger partial charge in [0.05, 0.1) is 18.9 Å². The van der Waals surface area contributed by atoms with Gasteiger partial charge >= 0.3 is 5.97 Å². The highest BCUT2D eigenvalue weighted by Crippen LogP contribution is 2.57. The fourth-order valence-electron chi connectivity index (χ4n) is 4.29. The maximum absolute atomic E-state index is 12.6. The molecule has 2 aliphatic carbocycles. The Hall–Kier alpha value is -2.04. The summed E-state index contributed by atoms with van der Waals surface area (Å²) >= 11 is 0. The second kappa shape index (κ2) is 4.48. The molecule has 1 N–H and O–H groups in total. The number of hydrogen-bond donors (Lipinski definition) is 1. The smallest absolute Gasteiger partial charge is 0.310 e. The maximum atomic E-state index is 12.6. The molecule has 0 aromatic heterocycles. The minimum absolute atomic E-state index is 0.0633. The normalized spacial score (nSPS) is 35.7. The fourth-order valence-corrected chi connectivity index (χ4v) is 4.29. The summed E-state index contributed by atoms with van der Waals surface area (Å²) < 4.78 is 10.5. The lowest BCUT2D eigenvalue weighted by molar-refractivity contribution is -0.145. The number of rotatable bonds is 3. The molecule has 1 aromatic rings. The summed E-state index contributed by atoms with van der Waals surface area (Å²) in [5, 5.41) is 2.92. The number of hydrogen-bond acceptors (Lipinski definition) is 4. The van der Waals surface area contributed by atoms with Crippen LogP contribution in [0.25, 0.3) is 0 Å². The quantitative estimate of drug-likeness (QED) is 0.861. The van der Waals surface area contributed by atoms with Crippen molar-refractivity contribution in [3.8, 4) is 5.75 Å². The molecule has 3 fully saturated rings. The van der Waals surface area contributed by atoms with Crippen molar-refractivity contribution in [1.29, 1.82) is 0 Å². The molecule has 5 atom stereocenters. The van der Waals surface area contributed by atoms with Crippen LogP contribution in [-0.4, -0.2) is 25.1 Å². The lowest BCUT2D eigenvalue weighted by Gasteiger charge is -2.23. The van der Waals surface area contributed by atoms with Crippen LogP contribution in [0.3, 0.4) is 0 Å². The molecule has 0 radical (unpaired) electrons. The number of carbonyl (C=O) groups is 2. The van der Waals surface area contributed by atoms with Crippen LogP contribution in [0.15, 0.2) is 24.3 Å². The Kier molecular flexibility index (Phi) is 2.71. The van der Waals surface area contributed by atoms with E-state index in [4.69, 9.17) is 9.47 Å². The van der Waals surface area contributed by atoms with Gasteiger partial charge in [0.15, 0.2) is 0 Å². The predicted octanol–water partition coefficient (Wildman–Crippen LogP) is 1.83. The number of anilines is 1. The van der Waals surface area contributed by atoms with E-state index in [1.807, 2.05) is 18.2 Å². The summed E-state index contributed by atoms with van der Waals surface area (Å²) in [6.07, 6.45) is 1.84. The third-order valence-electron chi connectivity index (χ3n) is 5.12. The van der Waals surface area contributed by atoms with E-state index in [-0.39, 0.29) is 41.7 Å². The number of amides is 1. The zero-order chi connectivity index (χ0) is 14.6. The minimum Gasteiger partial charge on any atom is -0.497 e. The van der Waals surface area contributed by atoms with Crippen LogP contribution in [0.5, 0.6) is 5.75 Å². The van der Waals surface area contributed by atoms with Crippen LogP contribution in [0.2, 0.25) is 0 Å². The van der Waals surface area contributed by atoms with Crippen molar-refractivity contribution in [3.63, 3.8) is 0 Å². The van der Waals surface area contributed by atoms with Gasteiger partial charge in [-0.1, -0.05) is 6.07 Å². The Bertz CT molecular complexity index is 612. The zero-order valence-electron chi connectivity index (χ0n) is 11.7. The first-order chi connectivity index (χ1) is 10.2. The molecule has 1 saturated heterocycles. The van der Waals surface area contributed by atoms with Gasteiger partial charge in [0.1, 0.15) is 11.9 Å². The molecule has 1 heterocycles. The molecular formula is C16H17NO4. The number of ether oxygens (including phenoxy) is 2. The molecule has 1 aliphatic heterocycles. The average Bonchev–Trinajstić information content (AvgIpc) is 3.08. The first-order valence-electron chi connectivity index (χ1n) is 7.33. The van der Waals surface area contributed by atoms with Gasteiger partial charge in [-0.15, -0.1) is 0 Å². The number of fused-ring (bicyclic) bond motifs is 1. The summed E-state index contributed by atoms with van der Waals surface area (Å²) in [6, 6.07) is 7.26. The van der Waals surface area contributed by atoms with Crippen LogP contribution < -0.4 is 10.1 Å². The molecule has 1 amide bonds. The molecule has 110 valence electrons. The monoisotopic (exact) mass is 287 g/mol. The lowest BCUT2D eigenvalue weighted by atomic mass is 9.79. The van der Waals surface area contributed by atoms with Crippen molar-refractivity contribution >= 4 is 17.6 Å². The van der Waals surface area contributed by atoms with E-state index in [0.717, 1.165) is 12.8 Å². The van der Waals surface area contributed by atoms with E-state index < -0.39 is 0 Å². The maximum Gasteiger partial charge on any atom is 0.310 e. The zero-order valence-corrected chi connectivity index (χ0v) is 11.7. The van der Waals surface area contributed by atoms with E-state index >= 15 is 0 Å². The molecule has 0 spiro atoms. The molecule has 3 aliphatic rings. The number of nitrogens with one attached hydrogen (secondary N) is 1. The third-order valence-corrected chi connectivity index (χ3v) is 5.12. The van der Waals surface area contributed by atoms with Crippen molar-refractivity contribution in [2.45, 2.75) is 18.9 Å². The Morgan fingerprint density at radius 2 is 2.24 bits per heavy atom. The van der Waals surface area contributed by atoms with Crippen molar-refractivity contribution in [3.05, 3.63) is 24.3 Å². The second-order valence-corrected chi connectivity index (χ2v) is 6.14. The van der Waals surface area contributed by atoms with Crippen LogP contribution in [0, 0.1) is 23.7 Å². The summed E-state index contributed by atoms with van der Waals surface area (Å²) in [7, 11) is 1.59. The van der Waals surface area contributed by atoms with E-state index in [0.29, 0.717) is 11.4 Å². The van der Waals surface area contributed by atoms with Crippen LogP contribution in [0.4, 0.5) is 5.69 Å². The van der Waals surface area contributed by atoms with Crippen LogP contribution in [0.1, 0.15) is 12.8 Å². The fraction of sp³-hybridized carbons (Fsp3) is 0.500. The Labute approximate surface area is 122 Å². The highest BCUT2D eigenvalue weighted by Gasteiger charge is 2.63. The summed E-state index contributed by atoms with van der Waals surface area (Å²) in [4.78, 5) is 24.5.